The van der Waals surface area contributed by atoms with E-state index in [0.717, 1.165) is 24.8 Å². The molecule has 3 rings (SSSR count). The first-order valence-corrected chi connectivity index (χ1v) is 10.2. The van der Waals surface area contributed by atoms with Crippen LogP contribution in [0.15, 0.2) is 48.5 Å². The van der Waals surface area contributed by atoms with Gasteiger partial charge in [-0.25, -0.2) is 0 Å². The highest BCUT2D eigenvalue weighted by Crippen LogP contribution is 2.44. The average molecular weight is 405 g/mol. The number of amides is 1. The molecule has 1 aliphatic heterocycles. The Kier molecular flexibility index (Phi) is 6.15. The number of likely N-dealkylation sites (tertiary alicyclic amines) is 1. The number of rotatable bonds is 5. The zero-order chi connectivity index (χ0) is 19.6. The molecule has 0 aromatic heterocycles. The molecule has 144 valence electrons. The Morgan fingerprint density at radius 2 is 1.93 bits per heavy atom. The van der Waals surface area contributed by atoms with Crippen LogP contribution in [0.4, 0.5) is 0 Å². The van der Waals surface area contributed by atoms with Crippen LogP contribution in [0, 0.1) is 0 Å². The predicted octanol–water partition coefficient (Wildman–Crippen LogP) is 5.73. The maximum Gasteiger partial charge on any atom is 0.253 e. The van der Waals surface area contributed by atoms with Gasteiger partial charge in [-0.05, 0) is 50.9 Å². The summed E-state index contributed by atoms with van der Waals surface area (Å²) in [5.74, 6) is -0.197. The van der Waals surface area contributed by atoms with Gasteiger partial charge >= 0.3 is 0 Å². The second-order valence-electron chi connectivity index (χ2n) is 7.37. The van der Waals surface area contributed by atoms with E-state index in [9.17, 15) is 4.79 Å². The second-order valence-corrected chi connectivity index (χ2v) is 8.16. The molecule has 0 radical (unpaired) electrons. The van der Waals surface area contributed by atoms with Crippen LogP contribution in [-0.4, -0.2) is 29.4 Å². The van der Waals surface area contributed by atoms with Crippen LogP contribution in [0.1, 0.15) is 55.1 Å². The predicted molar refractivity (Wildman–Crippen MR) is 113 cm³/mol. The molecule has 3 atom stereocenters. The minimum atomic E-state index is -0.197. The monoisotopic (exact) mass is 404 g/mol. The summed E-state index contributed by atoms with van der Waals surface area (Å²) >= 11 is 12.4. The Morgan fingerprint density at radius 3 is 2.52 bits per heavy atom. The summed E-state index contributed by atoms with van der Waals surface area (Å²) in [6.45, 7) is 4.44. The molecule has 1 amide bonds. The van der Waals surface area contributed by atoms with Crippen LogP contribution in [0.25, 0.3) is 0 Å². The molecule has 1 aliphatic rings. The van der Waals surface area contributed by atoms with Gasteiger partial charge in [0.25, 0.3) is 5.91 Å². The zero-order valence-electron chi connectivity index (χ0n) is 16.0. The molecule has 1 saturated heterocycles. The van der Waals surface area contributed by atoms with Crippen LogP contribution in [0.2, 0.25) is 10.0 Å². The van der Waals surface area contributed by atoms with Crippen LogP contribution in [0.5, 0.6) is 0 Å². The van der Waals surface area contributed by atoms with Gasteiger partial charge in [0.2, 0.25) is 0 Å². The van der Waals surface area contributed by atoms with Gasteiger partial charge < -0.3 is 5.32 Å². The topological polar surface area (TPSA) is 32.3 Å². The molecule has 2 aromatic rings. The van der Waals surface area contributed by atoms with Crippen LogP contribution < -0.4 is 5.32 Å². The minimum Gasteiger partial charge on any atom is -0.343 e. The maximum atomic E-state index is 13.1. The zero-order valence-corrected chi connectivity index (χ0v) is 17.5. The number of nitrogens with zero attached hydrogens (tertiary/aromatic N) is 1. The highest BCUT2D eigenvalue weighted by Gasteiger charge is 2.48. The molecular weight excluding hydrogens is 379 g/mol. The van der Waals surface area contributed by atoms with Crippen molar-refractivity contribution in [2.75, 3.05) is 7.05 Å². The normalized spacial score (nSPS) is 24.0. The minimum absolute atomic E-state index is 0.137. The van der Waals surface area contributed by atoms with E-state index < -0.39 is 0 Å². The Hall–Kier alpha value is -1.55. The van der Waals surface area contributed by atoms with Crippen LogP contribution in [-0.2, 0) is 0 Å². The molecule has 1 N–H and O–H groups in total. The number of carbonyl (C=O) groups excluding carboxylic acids is 1. The number of halogens is 2. The molecule has 0 bridgehead atoms. The Balaban J connectivity index is 2.01. The van der Waals surface area contributed by atoms with Gasteiger partial charge in [0.15, 0.2) is 0 Å². The molecule has 3 unspecified atom stereocenters. The third-order valence-corrected chi connectivity index (χ3v) is 6.93. The van der Waals surface area contributed by atoms with Gasteiger partial charge in [-0.2, -0.15) is 0 Å². The third kappa shape index (κ3) is 3.73. The number of nitrogens with one attached hydrogen (secondary N) is 1. The standard InChI is InChI=1S/C22H26Cl2N2O/c1-4-22(14-13-15(2)26(22)3)20(16-9-6-5-7-10-16)25-21(27)17-11-8-12-18(23)19(17)24/h5-12,15,20H,4,13-14H2,1-3H3,(H,25,27). The van der Waals surface area contributed by atoms with Gasteiger partial charge in [-0.1, -0.05) is 66.5 Å². The first-order chi connectivity index (χ1) is 12.9. The van der Waals surface area contributed by atoms with Crippen molar-refractivity contribution in [2.45, 2.75) is 50.7 Å². The van der Waals surface area contributed by atoms with Crippen molar-refractivity contribution in [3.05, 3.63) is 69.7 Å². The van der Waals surface area contributed by atoms with Gasteiger partial charge in [0, 0.05) is 11.6 Å². The van der Waals surface area contributed by atoms with E-state index in [0.29, 0.717) is 21.7 Å². The summed E-state index contributed by atoms with van der Waals surface area (Å²) in [7, 11) is 2.16. The van der Waals surface area contributed by atoms with Crippen molar-refractivity contribution in [1.29, 1.82) is 0 Å². The lowest BCUT2D eigenvalue weighted by atomic mass is 9.80. The molecule has 1 heterocycles. The summed E-state index contributed by atoms with van der Waals surface area (Å²) in [5.41, 5.74) is 1.37. The molecule has 0 spiro atoms. The SMILES string of the molecule is CCC1(C(NC(=O)c2cccc(Cl)c2Cl)c2ccccc2)CCC(C)N1C. The molecule has 5 heteroatoms. The van der Waals surface area contributed by atoms with Crippen LogP contribution in [0.3, 0.4) is 0 Å². The second kappa shape index (κ2) is 8.22. The summed E-state index contributed by atoms with van der Waals surface area (Å²) < 4.78 is 0. The largest absolute Gasteiger partial charge is 0.343 e. The van der Waals surface area contributed by atoms with E-state index in [1.54, 1.807) is 18.2 Å². The summed E-state index contributed by atoms with van der Waals surface area (Å²) in [4.78, 5) is 15.6. The highest BCUT2D eigenvalue weighted by atomic mass is 35.5. The number of hydrogen-bond donors (Lipinski definition) is 1. The Morgan fingerprint density at radius 1 is 1.22 bits per heavy atom. The van der Waals surface area contributed by atoms with Crippen LogP contribution >= 0.6 is 23.2 Å². The lowest BCUT2D eigenvalue weighted by Crippen LogP contribution is -2.53. The fourth-order valence-electron chi connectivity index (χ4n) is 4.31. The van der Waals surface area contributed by atoms with E-state index >= 15 is 0 Å². The Labute approximate surface area is 171 Å². The molecule has 3 nitrogen and oxygen atoms in total. The average Bonchev–Trinajstić information content (AvgIpc) is 2.98. The number of likely N-dealkylation sites (N-methyl/N-ethyl adjacent to an activating group) is 1. The fourth-order valence-corrected chi connectivity index (χ4v) is 4.69. The third-order valence-electron chi connectivity index (χ3n) is 6.11. The number of carbonyl (C=O) groups is 1. The van der Waals surface area contributed by atoms with Gasteiger partial charge in [0.05, 0.1) is 21.7 Å². The lowest BCUT2D eigenvalue weighted by Gasteiger charge is -2.44. The van der Waals surface area contributed by atoms with Crippen molar-refractivity contribution in [1.82, 2.24) is 10.2 Å². The quantitative estimate of drug-likeness (QED) is 0.689. The summed E-state index contributed by atoms with van der Waals surface area (Å²) in [6, 6.07) is 15.7. The highest BCUT2D eigenvalue weighted by molar-refractivity contribution is 6.43. The molecular formula is C22H26Cl2N2O. The van der Waals surface area contributed by atoms with E-state index in [1.165, 1.54) is 0 Å². The van der Waals surface area contributed by atoms with Crippen molar-refractivity contribution in [2.24, 2.45) is 0 Å². The number of benzene rings is 2. The number of hydrogen-bond acceptors (Lipinski definition) is 2. The molecule has 27 heavy (non-hydrogen) atoms. The van der Waals surface area contributed by atoms with E-state index in [4.69, 9.17) is 23.2 Å². The molecule has 0 aliphatic carbocycles. The smallest absolute Gasteiger partial charge is 0.253 e. The molecule has 1 fully saturated rings. The molecule has 0 saturated carbocycles. The molecule has 2 aromatic carbocycles. The lowest BCUT2D eigenvalue weighted by molar-refractivity contribution is 0.0711. The van der Waals surface area contributed by atoms with Gasteiger partial charge in [-0.15, -0.1) is 0 Å². The first-order valence-electron chi connectivity index (χ1n) is 9.43. The summed E-state index contributed by atoms with van der Waals surface area (Å²) in [5, 5.41) is 3.96. The van der Waals surface area contributed by atoms with Gasteiger partial charge in [0.1, 0.15) is 0 Å². The Bertz CT molecular complexity index is 811. The van der Waals surface area contributed by atoms with Crippen molar-refractivity contribution < 1.29 is 4.79 Å². The van der Waals surface area contributed by atoms with Crippen molar-refractivity contribution in [3.8, 4) is 0 Å². The first kappa shape index (κ1) is 20.2. The van der Waals surface area contributed by atoms with Crippen molar-refractivity contribution in [3.63, 3.8) is 0 Å². The van der Waals surface area contributed by atoms with Gasteiger partial charge in [-0.3, -0.25) is 9.69 Å². The van der Waals surface area contributed by atoms with Crippen molar-refractivity contribution >= 4 is 29.1 Å². The van der Waals surface area contributed by atoms with E-state index in [1.807, 2.05) is 18.2 Å². The van der Waals surface area contributed by atoms with E-state index in [2.05, 4.69) is 43.2 Å². The maximum absolute atomic E-state index is 13.1. The van der Waals surface area contributed by atoms with E-state index in [-0.39, 0.29) is 17.5 Å². The summed E-state index contributed by atoms with van der Waals surface area (Å²) in [6.07, 6.45) is 3.09. The fraction of sp³-hybridized carbons (Fsp3) is 0.409.